The van der Waals surface area contributed by atoms with Gasteiger partial charge in [-0.2, -0.15) is 0 Å². The Bertz CT molecular complexity index is 544. The third-order valence-corrected chi connectivity index (χ3v) is 3.17. The van der Waals surface area contributed by atoms with Crippen LogP contribution in [0.1, 0.15) is 41.3 Å². The van der Waals surface area contributed by atoms with Crippen LogP contribution in [0.3, 0.4) is 0 Å². The lowest BCUT2D eigenvalue weighted by molar-refractivity contribution is -0.121. The van der Waals surface area contributed by atoms with Gasteiger partial charge in [0.1, 0.15) is 0 Å². The number of hydrazine groups is 1. The summed E-state index contributed by atoms with van der Waals surface area (Å²) in [5.74, 6) is -0.297. The number of rotatable bonds is 5. The van der Waals surface area contributed by atoms with Gasteiger partial charge in [0.05, 0.1) is 0 Å². The van der Waals surface area contributed by atoms with E-state index in [1.54, 1.807) is 0 Å². The predicted molar refractivity (Wildman–Crippen MR) is 87.0 cm³/mol. The van der Waals surface area contributed by atoms with Crippen molar-refractivity contribution >= 4 is 29.0 Å². The second-order valence-corrected chi connectivity index (χ2v) is 5.18. The Morgan fingerprint density at radius 3 is 2.52 bits per heavy atom. The number of amides is 1. The lowest BCUT2D eigenvalue weighted by atomic mass is 9.99. The lowest BCUT2D eigenvalue weighted by Crippen LogP contribution is -2.46. The molecule has 1 aromatic rings. The van der Waals surface area contributed by atoms with Crippen molar-refractivity contribution in [2.75, 3.05) is 6.54 Å². The average molecular weight is 307 g/mol. The number of carbonyl (C=O) groups excluding carboxylic acids is 2. The Kier molecular flexibility index (Phi) is 6.81. The number of ketones is 1. The van der Waals surface area contributed by atoms with E-state index in [0.717, 1.165) is 11.1 Å². The van der Waals surface area contributed by atoms with Gasteiger partial charge >= 0.3 is 0 Å². The molecular formula is C15H21N3O2S. The summed E-state index contributed by atoms with van der Waals surface area (Å²) in [6.07, 6.45) is 0.291. The van der Waals surface area contributed by atoms with Gasteiger partial charge in [-0.1, -0.05) is 17.7 Å². The molecule has 0 atom stereocenters. The minimum absolute atomic E-state index is 0.0272. The third-order valence-electron chi connectivity index (χ3n) is 2.93. The van der Waals surface area contributed by atoms with E-state index < -0.39 is 0 Å². The fraction of sp³-hybridized carbons (Fsp3) is 0.400. The molecule has 0 saturated heterocycles. The highest BCUT2D eigenvalue weighted by atomic mass is 32.1. The molecular weight excluding hydrogens is 286 g/mol. The molecule has 0 fully saturated rings. The zero-order valence-corrected chi connectivity index (χ0v) is 13.4. The molecule has 6 heteroatoms. The number of Topliss-reactive ketones (excluding diaryl/α,β-unsaturated/α-hetero) is 1. The molecule has 0 radical (unpaired) electrons. The summed E-state index contributed by atoms with van der Waals surface area (Å²) in [6.45, 7) is 6.41. The number of carbonyl (C=O) groups is 2. The van der Waals surface area contributed by atoms with E-state index >= 15 is 0 Å². The van der Waals surface area contributed by atoms with Crippen molar-refractivity contribution in [1.29, 1.82) is 0 Å². The highest BCUT2D eigenvalue weighted by molar-refractivity contribution is 7.80. The summed E-state index contributed by atoms with van der Waals surface area (Å²) in [4.78, 5) is 23.8. The maximum absolute atomic E-state index is 12.1. The molecule has 5 nitrogen and oxygen atoms in total. The Labute approximate surface area is 130 Å². The van der Waals surface area contributed by atoms with Crippen LogP contribution in [0, 0.1) is 13.8 Å². The molecule has 0 heterocycles. The van der Waals surface area contributed by atoms with Gasteiger partial charge in [0.15, 0.2) is 10.9 Å². The van der Waals surface area contributed by atoms with Crippen LogP contribution >= 0.6 is 12.2 Å². The molecule has 0 saturated carbocycles. The molecule has 114 valence electrons. The topological polar surface area (TPSA) is 70.2 Å². The van der Waals surface area contributed by atoms with Crippen molar-refractivity contribution in [3.8, 4) is 0 Å². The second-order valence-electron chi connectivity index (χ2n) is 4.77. The molecule has 0 aliphatic rings. The molecule has 0 bridgehead atoms. The van der Waals surface area contributed by atoms with E-state index in [-0.39, 0.29) is 24.5 Å². The second kappa shape index (κ2) is 8.36. The van der Waals surface area contributed by atoms with Crippen molar-refractivity contribution < 1.29 is 9.59 Å². The molecule has 0 spiro atoms. The van der Waals surface area contributed by atoms with Crippen LogP contribution < -0.4 is 16.2 Å². The standard InChI is InChI=1S/C15H21N3O2S/c1-4-16-15(21)18-17-14(20)8-7-13(19)12-9-10(2)5-6-11(12)3/h5-6,9H,4,7-8H2,1-3H3,(H,17,20)(H2,16,18,21). The molecule has 0 aliphatic heterocycles. The maximum Gasteiger partial charge on any atom is 0.238 e. The Morgan fingerprint density at radius 1 is 1.14 bits per heavy atom. The van der Waals surface area contributed by atoms with E-state index in [0.29, 0.717) is 17.2 Å². The van der Waals surface area contributed by atoms with Crippen molar-refractivity contribution in [2.45, 2.75) is 33.6 Å². The largest absolute Gasteiger partial charge is 0.362 e. The maximum atomic E-state index is 12.1. The van der Waals surface area contributed by atoms with Gasteiger partial charge in [0.25, 0.3) is 0 Å². The molecule has 0 unspecified atom stereocenters. The van der Waals surface area contributed by atoms with Crippen molar-refractivity contribution in [3.05, 3.63) is 34.9 Å². The molecule has 0 aromatic heterocycles. The Hall–Kier alpha value is -1.95. The van der Waals surface area contributed by atoms with Gasteiger partial charge in [-0.3, -0.25) is 20.4 Å². The van der Waals surface area contributed by atoms with Crippen LogP contribution in [-0.4, -0.2) is 23.3 Å². The molecule has 0 aliphatic carbocycles. The lowest BCUT2D eigenvalue weighted by Gasteiger charge is -2.10. The van der Waals surface area contributed by atoms with Gasteiger partial charge in [0.2, 0.25) is 5.91 Å². The van der Waals surface area contributed by atoms with Crippen LogP contribution in [0.2, 0.25) is 0 Å². The van der Waals surface area contributed by atoms with Crippen LogP contribution in [0.25, 0.3) is 0 Å². The van der Waals surface area contributed by atoms with Gasteiger partial charge < -0.3 is 5.32 Å². The fourth-order valence-electron chi connectivity index (χ4n) is 1.79. The third kappa shape index (κ3) is 5.91. The molecule has 1 amide bonds. The Morgan fingerprint density at radius 2 is 1.86 bits per heavy atom. The first-order chi connectivity index (χ1) is 9.93. The van der Waals surface area contributed by atoms with E-state index in [4.69, 9.17) is 12.2 Å². The summed E-state index contributed by atoms with van der Waals surface area (Å²) in [7, 11) is 0. The minimum Gasteiger partial charge on any atom is -0.362 e. The highest BCUT2D eigenvalue weighted by Gasteiger charge is 2.11. The van der Waals surface area contributed by atoms with E-state index in [1.807, 2.05) is 39.0 Å². The van der Waals surface area contributed by atoms with Gasteiger partial charge in [-0.05, 0) is 44.6 Å². The van der Waals surface area contributed by atoms with E-state index in [2.05, 4.69) is 16.2 Å². The average Bonchev–Trinajstić information content (AvgIpc) is 2.45. The smallest absolute Gasteiger partial charge is 0.238 e. The number of aryl methyl sites for hydroxylation is 2. The summed E-state index contributed by atoms with van der Waals surface area (Å²) < 4.78 is 0. The first-order valence-electron chi connectivity index (χ1n) is 6.87. The van der Waals surface area contributed by atoms with Crippen molar-refractivity contribution in [2.24, 2.45) is 0 Å². The minimum atomic E-state index is -0.270. The number of thiocarbonyl (C=S) groups is 1. The van der Waals surface area contributed by atoms with Gasteiger partial charge in [0, 0.05) is 24.9 Å². The fourth-order valence-corrected chi connectivity index (χ4v) is 1.99. The first kappa shape index (κ1) is 17.1. The normalized spacial score (nSPS) is 9.86. The quantitative estimate of drug-likeness (QED) is 0.439. The van der Waals surface area contributed by atoms with Gasteiger partial charge in [-0.25, -0.2) is 0 Å². The van der Waals surface area contributed by atoms with E-state index in [9.17, 15) is 9.59 Å². The molecule has 1 aromatic carbocycles. The predicted octanol–water partition coefficient (Wildman–Crippen LogP) is 1.78. The summed E-state index contributed by atoms with van der Waals surface area (Å²) >= 11 is 4.91. The SMILES string of the molecule is CCNC(=S)NNC(=O)CCC(=O)c1cc(C)ccc1C. The summed E-state index contributed by atoms with van der Waals surface area (Å²) in [5.41, 5.74) is 7.67. The number of hydrogen-bond acceptors (Lipinski definition) is 3. The first-order valence-corrected chi connectivity index (χ1v) is 7.28. The molecule has 1 rings (SSSR count). The number of hydrogen-bond donors (Lipinski definition) is 3. The van der Waals surface area contributed by atoms with E-state index in [1.165, 1.54) is 0 Å². The van der Waals surface area contributed by atoms with Crippen LogP contribution in [-0.2, 0) is 4.79 Å². The summed E-state index contributed by atoms with van der Waals surface area (Å²) in [6, 6.07) is 5.73. The monoisotopic (exact) mass is 307 g/mol. The van der Waals surface area contributed by atoms with Crippen molar-refractivity contribution in [1.82, 2.24) is 16.2 Å². The zero-order chi connectivity index (χ0) is 15.8. The number of nitrogens with one attached hydrogen (secondary N) is 3. The van der Waals surface area contributed by atoms with Crippen molar-refractivity contribution in [3.63, 3.8) is 0 Å². The summed E-state index contributed by atoms with van der Waals surface area (Å²) in [5, 5.41) is 3.20. The van der Waals surface area contributed by atoms with Crippen LogP contribution in [0.4, 0.5) is 0 Å². The Balaban J connectivity index is 2.44. The highest BCUT2D eigenvalue weighted by Crippen LogP contribution is 2.13. The molecule has 3 N–H and O–H groups in total. The molecule has 21 heavy (non-hydrogen) atoms. The zero-order valence-electron chi connectivity index (χ0n) is 12.6. The van der Waals surface area contributed by atoms with Gasteiger partial charge in [-0.15, -0.1) is 0 Å². The number of benzene rings is 1. The van der Waals surface area contributed by atoms with Crippen LogP contribution in [0.15, 0.2) is 18.2 Å². The van der Waals surface area contributed by atoms with Crippen LogP contribution in [0.5, 0.6) is 0 Å².